The molecule has 0 radical (unpaired) electrons. The minimum atomic E-state index is 0.474. The van der Waals surface area contributed by atoms with E-state index in [4.69, 9.17) is 21.1 Å². The Morgan fingerprint density at radius 2 is 0.594 bits per heavy atom. The number of rotatable bonds is 26. The van der Waals surface area contributed by atoms with Crippen molar-refractivity contribution >= 4 is 11.6 Å². The number of nitrogens with one attached hydrogen (secondary N) is 8. The van der Waals surface area contributed by atoms with E-state index in [-0.39, 0.29) is 0 Å². The quantitative estimate of drug-likeness (QED) is 0.0287. The van der Waals surface area contributed by atoms with Crippen LogP contribution < -0.4 is 52.0 Å². The van der Waals surface area contributed by atoms with Gasteiger partial charge in [0.15, 0.2) is 0 Å². The molecule has 6 fully saturated rings. The highest BCUT2D eigenvalue weighted by Crippen LogP contribution is 2.26. The maximum Gasteiger partial charge on any atom is 0.122 e. The topological polar surface area (TPSA) is 118 Å². The van der Waals surface area contributed by atoms with Crippen molar-refractivity contribution in [3.8, 4) is 11.5 Å². The van der Waals surface area contributed by atoms with Gasteiger partial charge in [-0.05, 0) is 150 Å². The van der Waals surface area contributed by atoms with Gasteiger partial charge >= 0.3 is 0 Å². The minimum absolute atomic E-state index is 0.474. The molecule has 0 bridgehead atoms. The molecule has 106 heavy (non-hydrogen) atoms. The van der Waals surface area contributed by atoms with E-state index in [1.807, 2.05) is 42.5 Å². The SMILES string of the molecule is CC(C)N(Cc1ccccc1)Cc1ccccc1.CC(C)NC1CCC1.CC(C)NC1CCCC1.CC(C)NC1CCCCC1.CC(C)NC1CCCCCC1.CC(C)NC1CCCCCCC1.CC(C)NCC1CCCCC1.CC(C)NCc1ccc(Cl)cc1.COc1cc(CNC(C)C)cc(OC)c1. The third-order valence-electron chi connectivity index (χ3n) is 20.4. The van der Waals surface area contributed by atoms with Gasteiger partial charge in [-0.2, -0.15) is 0 Å². The van der Waals surface area contributed by atoms with Crippen molar-refractivity contribution in [1.82, 2.24) is 47.4 Å². The van der Waals surface area contributed by atoms with Gasteiger partial charge in [-0.25, -0.2) is 0 Å². The van der Waals surface area contributed by atoms with Gasteiger partial charge in [0.05, 0.1) is 14.2 Å². The van der Waals surface area contributed by atoms with Gasteiger partial charge in [0.25, 0.3) is 0 Å². The summed E-state index contributed by atoms with van der Waals surface area (Å²) < 4.78 is 10.4. The monoisotopic (exact) mass is 1490 g/mol. The molecule has 10 rings (SSSR count). The average Bonchev–Trinajstić information content (AvgIpc) is 1.06. The zero-order valence-electron chi connectivity index (χ0n) is 72.4. The maximum absolute atomic E-state index is 5.75. The van der Waals surface area contributed by atoms with Gasteiger partial charge in [0.1, 0.15) is 11.5 Å². The maximum atomic E-state index is 5.75. The molecule has 0 aliphatic heterocycles. The number of nitrogens with zero attached hydrogens (tertiary/aromatic N) is 1. The van der Waals surface area contributed by atoms with E-state index in [0.717, 1.165) is 78.8 Å². The number of benzene rings is 4. The molecule has 0 saturated heterocycles. The predicted octanol–water partition coefficient (Wildman–Crippen LogP) is 23.3. The first-order chi connectivity index (χ1) is 50.8. The normalized spacial score (nSPS) is 17.1. The van der Waals surface area contributed by atoms with Gasteiger partial charge < -0.3 is 52.0 Å². The van der Waals surface area contributed by atoms with E-state index in [2.05, 4.69) is 233 Å². The molecule has 4 aromatic rings. The van der Waals surface area contributed by atoms with Crippen LogP contribution in [0.15, 0.2) is 103 Å². The highest BCUT2D eigenvalue weighted by Gasteiger charge is 2.19. The van der Waals surface area contributed by atoms with Crippen LogP contribution in [-0.2, 0) is 26.2 Å². The summed E-state index contributed by atoms with van der Waals surface area (Å²) in [6.45, 7) is 44.8. The second-order valence-electron chi connectivity index (χ2n) is 34.2. The van der Waals surface area contributed by atoms with Crippen LogP contribution in [0.1, 0.15) is 340 Å². The van der Waals surface area contributed by atoms with E-state index in [1.165, 1.54) is 221 Å². The second kappa shape index (κ2) is 63.0. The number of ether oxygens (including phenoxy) is 2. The lowest BCUT2D eigenvalue weighted by atomic mass is 9.89. The highest BCUT2D eigenvalue weighted by atomic mass is 35.5. The fourth-order valence-corrected chi connectivity index (χ4v) is 14.6. The van der Waals surface area contributed by atoms with Crippen molar-refractivity contribution in [2.75, 3.05) is 20.8 Å². The largest absolute Gasteiger partial charge is 0.497 e. The molecule has 0 amide bonds. The molecule has 0 atom stereocenters. The Morgan fingerprint density at radius 3 is 0.877 bits per heavy atom. The second-order valence-corrected chi connectivity index (χ2v) is 34.7. The van der Waals surface area contributed by atoms with Crippen LogP contribution in [0.2, 0.25) is 5.02 Å². The lowest BCUT2D eigenvalue weighted by Gasteiger charge is -2.28. The van der Waals surface area contributed by atoms with Gasteiger partial charge in [-0.1, -0.05) is 311 Å². The van der Waals surface area contributed by atoms with E-state index < -0.39 is 0 Å². The summed E-state index contributed by atoms with van der Waals surface area (Å²) in [6, 6.07) is 44.9. The molecule has 0 aromatic heterocycles. The average molecular weight is 1490 g/mol. The molecule has 0 heterocycles. The molecule has 0 unspecified atom stereocenters. The standard InChI is InChI=1S/C17H21N.C12H19NO2.C11H23N.C10H14ClN.2C10H21N.C9H19N.C8H17N.C7H15N/c1-15(2)18(13-16-9-5-3-6-10-16)14-17-11-7-4-8-12-17;1-9(2)13-8-10-5-11(14-3)7-12(6-10)15-4;1-10(2)12-11-8-6-4-3-5-7-9-11;1-8(2)12-7-9-3-5-10(11)6-4-9;1-9(2)11-8-10-6-4-3-5-7-10;1-9(2)11-10-7-5-3-4-6-8-10;1-8(2)10-9-6-4-3-5-7-9;1-7(2)9-8-5-3-4-6-8;1-6(2)8-7-4-3-5-7/h3-12,15H,13-14H2,1-2H3;5-7,9,13H,8H2,1-4H3;10-12H,3-9H2,1-2H3;3-6,8,12H,7H2,1-2H3;2*9-11H,3-8H2,1-2H3;8-10H,3-7H2,1-2H3;7-9H,3-6H2,1-2H3;6-8H,3-5H2,1-2H3. The van der Waals surface area contributed by atoms with E-state index in [0.29, 0.717) is 54.4 Å². The van der Waals surface area contributed by atoms with Crippen molar-refractivity contribution in [1.29, 1.82) is 0 Å². The molecule has 6 saturated carbocycles. The fourth-order valence-electron chi connectivity index (χ4n) is 14.4. The van der Waals surface area contributed by atoms with Crippen LogP contribution in [0.25, 0.3) is 0 Å². The molecular weight excluding hydrogens is 1320 g/mol. The van der Waals surface area contributed by atoms with Crippen LogP contribution in [0, 0.1) is 5.92 Å². The van der Waals surface area contributed by atoms with Crippen molar-refractivity contribution in [2.45, 2.75) is 428 Å². The Kier molecular flexibility index (Phi) is 58.5. The number of halogens is 1. The Labute approximate surface area is 661 Å². The van der Waals surface area contributed by atoms with Gasteiger partial charge in [-0.15, -0.1) is 0 Å². The number of hydrogen-bond donors (Lipinski definition) is 8. The summed E-state index contributed by atoms with van der Waals surface area (Å²) in [4.78, 5) is 2.49. The van der Waals surface area contributed by atoms with Crippen LogP contribution in [0.5, 0.6) is 11.5 Å². The zero-order chi connectivity index (χ0) is 78.1. The van der Waals surface area contributed by atoms with Gasteiger partial charge in [0.2, 0.25) is 0 Å². The Morgan fingerprint density at radius 1 is 0.311 bits per heavy atom. The van der Waals surface area contributed by atoms with E-state index in [1.54, 1.807) is 14.2 Å². The van der Waals surface area contributed by atoms with Crippen molar-refractivity contribution < 1.29 is 9.47 Å². The van der Waals surface area contributed by atoms with E-state index >= 15 is 0 Å². The van der Waals surface area contributed by atoms with Crippen molar-refractivity contribution in [2.24, 2.45) is 5.92 Å². The highest BCUT2D eigenvalue weighted by molar-refractivity contribution is 6.30. The first kappa shape index (κ1) is 98.5. The van der Waals surface area contributed by atoms with Crippen molar-refractivity contribution in [3.63, 3.8) is 0 Å². The smallest absolute Gasteiger partial charge is 0.122 e. The molecule has 0 spiro atoms. The Bertz CT molecular complexity index is 2480. The number of hydrogen-bond acceptors (Lipinski definition) is 11. The number of methoxy groups -OCH3 is 2. The lowest BCUT2D eigenvalue weighted by molar-refractivity contribution is 0.203. The summed E-state index contributed by atoms with van der Waals surface area (Å²) >= 11 is 5.75. The van der Waals surface area contributed by atoms with Crippen molar-refractivity contribution in [3.05, 3.63) is 130 Å². The third-order valence-corrected chi connectivity index (χ3v) is 20.6. The third kappa shape index (κ3) is 55.8. The van der Waals surface area contributed by atoms with Gasteiger partial charge in [-0.3, -0.25) is 4.90 Å². The van der Waals surface area contributed by atoms with Crippen LogP contribution in [0.4, 0.5) is 0 Å². The zero-order valence-corrected chi connectivity index (χ0v) is 73.1. The molecule has 6 aliphatic carbocycles. The summed E-state index contributed by atoms with van der Waals surface area (Å²) in [5, 5.41) is 28.9. The summed E-state index contributed by atoms with van der Waals surface area (Å²) in [6.07, 6.45) is 43.0. The molecule has 12 heteroatoms. The van der Waals surface area contributed by atoms with Crippen LogP contribution >= 0.6 is 11.6 Å². The lowest BCUT2D eigenvalue weighted by Crippen LogP contribution is -2.39. The molecule has 610 valence electrons. The minimum Gasteiger partial charge on any atom is -0.497 e. The van der Waals surface area contributed by atoms with Crippen LogP contribution in [0.3, 0.4) is 0 Å². The molecular formula is C94H170ClN9O2. The Hall–Kier alpha value is -3.59. The summed E-state index contributed by atoms with van der Waals surface area (Å²) in [5.74, 6) is 2.64. The molecule has 4 aromatic carbocycles. The summed E-state index contributed by atoms with van der Waals surface area (Å²) in [5.41, 5.74) is 5.19. The Balaban J connectivity index is 0.000000409. The summed E-state index contributed by atoms with van der Waals surface area (Å²) in [7, 11) is 3.32. The molecule has 8 N–H and O–H groups in total. The van der Waals surface area contributed by atoms with E-state index in [9.17, 15) is 0 Å². The van der Waals surface area contributed by atoms with Crippen LogP contribution in [-0.4, -0.2) is 110 Å². The predicted molar refractivity (Wildman–Crippen MR) is 468 cm³/mol. The molecule has 11 nitrogen and oxygen atoms in total. The molecule has 6 aliphatic rings. The first-order valence-electron chi connectivity index (χ1n) is 43.6. The fraction of sp³-hybridized carbons (Fsp3) is 0.745. The van der Waals surface area contributed by atoms with Gasteiger partial charge in [0, 0.05) is 122 Å². The first-order valence-corrected chi connectivity index (χ1v) is 44.0.